The lowest BCUT2D eigenvalue weighted by molar-refractivity contribution is 0.209. The molecule has 1 unspecified atom stereocenters. The van der Waals surface area contributed by atoms with Crippen LogP contribution < -0.4 is 5.32 Å². The summed E-state index contributed by atoms with van der Waals surface area (Å²) in [6.45, 7) is 6.45. The predicted octanol–water partition coefficient (Wildman–Crippen LogP) is 2.97. The lowest BCUT2D eigenvalue weighted by Gasteiger charge is -2.29. The molecule has 1 saturated heterocycles. The average Bonchev–Trinajstić information content (AvgIpc) is 2.44. The van der Waals surface area contributed by atoms with Crippen molar-refractivity contribution in [2.45, 2.75) is 38.6 Å². The normalized spacial score (nSPS) is 18.1. The van der Waals surface area contributed by atoms with Crippen molar-refractivity contribution in [3.05, 3.63) is 35.4 Å². The molecule has 1 aliphatic heterocycles. The Morgan fingerprint density at radius 1 is 1.15 bits per heavy atom. The minimum atomic E-state index is -0.778. The molecule has 112 valence electrons. The standard InChI is InChI=1S/C16H24F2N2/c1-13(12-20-9-3-2-4-10-20)19-8-7-14-5-6-15(17)16(18)11-14/h5-6,11,13,19H,2-4,7-10,12H2,1H3. The van der Waals surface area contributed by atoms with Crippen molar-refractivity contribution in [2.24, 2.45) is 0 Å². The van der Waals surface area contributed by atoms with Gasteiger partial charge in [-0.05, 0) is 63.5 Å². The number of nitrogens with zero attached hydrogens (tertiary/aromatic N) is 1. The van der Waals surface area contributed by atoms with Gasteiger partial charge in [0.15, 0.2) is 11.6 Å². The van der Waals surface area contributed by atoms with Crippen LogP contribution >= 0.6 is 0 Å². The first kappa shape index (κ1) is 15.4. The largest absolute Gasteiger partial charge is 0.313 e. The third-order valence-corrected chi connectivity index (χ3v) is 3.87. The second-order valence-electron chi connectivity index (χ2n) is 5.71. The molecule has 0 saturated carbocycles. The smallest absolute Gasteiger partial charge is 0.159 e. The van der Waals surface area contributed by atoms with Gasteiger partial charge in [-0.25, -0.2) is 8.78 Å². The quantitative estimate of drug-likeness (QED) is 0.863. The summed E-state index contributed by atoms with van der Waals surface area (Å²) in [5.74, 6) is -1.54. The highest BCUT2D eigenvalue weighted by Crippen LogP contribution is 2.10. The van der Waals surface area contributed by atoms with Gasteiger partial charge in [0.05, 0.1) is 0 Å². The van der Waals surface area contributed by atoms with Gasteiger partial charge in [-0.2, -0.15) is 0 Å². The number of nitrogens with one attached hydrogen (secondary N) is 1. The Morgan fingerprint density at radius 2 is 1.90 bits per heavy atom. The lowest BCUT2D eigenvalue weighted by Crippen LogP contribution is -2.42. The Balaban J connectivity index is 1.67. The Kier molecular flexibility index (Phi) is 5.92. The van der Waals surface area contributed by atoms with Crippen molar-refractivity contribution < 1.29 is 8.78 Å². The maximum absolute atomic E-state index is 13.1. The SMILES string of the molecule is CC(CN1CCCCC1)NCCc1ccc(F)c(F)c1. The van der Waals surface area contributed by atoms with Crippen molar-refractivity contribution >= 4 is 0 Å². The van der Waals surface area contributed by atoms with Crippen molar-refractivity contribution in [2.75, 3.05) is 26.2 Å². The first-order valence-corrected chi connectivity index (χ1v) is 7.55. The molecule has 1 heterocycles. The van der Waals surface area contributed by atoms with E-state index in [-0.39, 0.29) is 0 Å². The van der Waals surface area contributed by atoms with Crippen LogP contribution in [0.15, 0.2) is 18.2 Å². The molecule has 0 aromatic heterocycles. The predicted molar refractivity (Wildman–Crippen MR) is 77.8 cm³/mol. The van der Waals surface area contributed by atoms with Gasteiger partial charge in [0.1, 0.15) is 0 Å². The van der Waals surface area contributed by atoms with Crippen molar-refractivity contribution in [1.29, 1.82) is 0 Å². The topological polar surface area (TPSA) is 15.3 Å². The van der Waals surface area contributed by atoms with Crippen LogP contribution in [0.5, 0.6) is 0 Å². The fourth-order valence-corrected chi connectivity index (χ4v) is 2.75. The van der Waals surface area contributed by atoms with E-state index in [0.29, 0.717) is 6.04 Å². The van der Waals surface area contributed by atoms with Gasteiger partial charge in [-0.3, -0.25) is 0 Å². The molecule has 0 aliphatic carbocycles. The molecular weight excluding hydrogens is 258 g/mol. The van der Waals surface area contributed by atoms with Crippen LogP contribution in [-0.4, -0.2) is 37.1 Å². The van der Waals surface area contributed by atoms with Gasteiger partial charge in [0.2, 0.25) is 0 Å². The maximum atomic E-state index is 13.1. The molecule has 1 atom stereocenters. The third-order valence-electron chi connectivity index (χ3n) is 3.87. The van der Waals surface area contributed by atoms with E-state index in [9.17, 15) is 8.78 Å². The minimum absolute atomic E-state index is 0.429. The fraction of sp³-hybridized carbons (Fsp3) is 0.625. The van der Waals surface area contributed by atoms with Crippen LogP contribution in [0.2, 0.25) is 0 Å². The van der Waals surface area contributed by atoms with Gasteiger partial charge in [-0.15, -0.1) is 0 Å². The van der Waals surface area contributed by atoms with E-state index in [4.69, 9.17) is 0 Å². The number of piperidine rings is 1. The van der Waals surface area contributed by atoms with E-state index in [0.717, 1.165) is 25.1 Å². The Morgan fingerprint density at radius 3 is 2.60 bits per heavy atom. The van der Waals surface area contributed by atoms with Crippen LogP contribution in [0.25, 0.3) is 0 Å². The van der Waals surface area contributed by atoms with Crippen LogP contribution in [0.1, 0.15) is 31.7 Å². The van der Waals surface area contributed by atoms with E-state index < -0.39 is 11.6 Å². The molecule has 4 heteroatoms. The number of benzene rings is 1. The van der Waals surface area contributed by atoms with Crippen molar-refractivity contribution in [3.63, 3.8) is 0 Å². The third kappa shape index (κ3) is 4.84. The highest BCUT2D eigenvalue weighted by atomic mass is 19.2. The lowest BCUT2D eigenvalue weighted by atomic mass is 10.1. The minimum Gasteiger partial charge on any atom is -0.313 e. The first-order chi connectivity index (χ1) is 9.65. The molecule has 0 spiro atoms. The zero-order valence-corrected chi connectivity index (χ0v) is 12.2. The number of rotatable bonds is 6. The molecule has 1 fully saturated rings. The second kappa shape index (κ2) is 7.70. The van der Waals surface area contributed by atoms with E-state index in [1.807, 2.05) is 0 Å². The highest BCUT2D eigenvalue weighted by Gasteiger charge is 2.12. The number of halogens is 2. The summed E-state index contributed by atoms with van der Waals surface area (Å²) in [7, 11) is 0. The Bertz CT molecular complexity index is 417. The molecule has 0 bridgehead atoms. The summed E-state index contributed by atoms with van der Waals surface area (Å²) in [4.78, 5) is 2.50. The van der Waals surface area contributed by atoms with E-state index in [1.165, 1.54) is 44.5 Å². The fourth-order valence-electron chi connectivity index (χ4n) is 2.75. The summed E-state index contributed by atoms with van der Waals surface area (Å²) in [5.41, 5.74) is 0.835. The zero-order chi connectivity index (χ0) is 14.4. The monoisotopic (exact) mass is 282 g/mol. The van der Waals surface area contributed by atoms with Crippen LogP contribution in [-0.2, 0) is 6.42 Å². The molecule has 2 rings (SSSR count). The molecule has 20 heavy (non-hydrogen) atoms. The van der Waals surface area contributed by atoms with Crippen molar-refractivity contribution in [1.82, 2.24) is 10.2 Å². The molecule has 0 radical (unpaired) electrons. The molecule has 1 aliphatic rings. The average molecular weight is 282 g/mol. The van der Waals surface area contributed by atoms with Gasteiger partial charge < -0.3 is 10.2 Å². The molecule has 0 amide bonds. The van der Waals surface area contributed by atoms with Gasteiger partial charge >= 0.3 is 0 Å². The summed E-state index contributed by atoms with van der Waals surface area (Å²) < 4.78 is 25.9. The Labute approximate surface area is 120 Å². The Hall–Kier alpha value is -1.00. The number of hydrogen-bond acceptors (Lipinski definition) is 2. The van der Waals surface area contributed by atoms with Crippen LogP contribution in [0, 0.1) is 11.6 Å². The summed E-state index contributed by atoms with van der Waals surface area (Å²) >= 11 is 0. The van der Waals surface area contributed by atoms with Gasteiger partial charge in [-0.1, -0.05) is 12.5 Å². The second-order valence-corrected chi connectivity index (χ2v) is 5.71. The molecule has 1 aromatic rings. The highest BCUT2D eigenvalue weighted by molar-refractivity contribution is 5.18. The van der Waals surface area contributed by atoms with E-state index >= 15 is 0 Å². The summed E-state index contributed by atoms with van der Waals surface area (Å²) in [5, 5.41) is 3.45. The van der Waals surface area contributed by atoms with Crippen molar-refractivity contribution in [3.8, 4) is 0 Å². The van der Waals surface area contributed by atoms with Gasteiger partial charge in [0.25, 0.3) is 0 Å². The van der Waals surface area contributed by atoms with Gasteiger partial charge in [0, 0.05) is 12.6 Å². The van der Waals surface area contributed by atoms with Crippen LogP contribution in [0.3, 0.4) is 0 Å². The van der Waals surface area contributed by atoms with E-state index in [2.05, 4.69) is 17.1 Å². The zero-order valence-electron chi connectivity index (χ0n) is 12.2. The molecule has 1 N–H and O–H groups in total. The summed E-state index contributed by atoms with van der Waals surface area (Å²) in [6, 6.07) is 4.56. The molecule has 2 nitrogen and oxygen atoms in total. The molecular formula is C16H24F2N2. The molecule has 1 aromatic carbocycles. The first-order valence-electron chi connectivity index (χ1n) is 7.55. The van der Waals surface area contributed by atoms with Crippen LogP contribution in [0.4, 0.5) is 8.78 Å². The van der Waals surface area contributed by atoms with E-state index in [1.54, 1.807) is 6.07 Å². The number of likely N-dealkylation sites (tertiary alicyclic amines) is 1. The number of hydrogen-bond donors (Lipinski definition) is 1. The maximum Gasteiger partial charge on any atom is 0.159 e. The summed E-state index contributed by atoms with van der Waals surface area (Å²) in [6.07, 6.45) is 4.69.